The van der Waals surface area contributed by atoms with Crippen LogP contribution < -0.4 is 10.6 Å². The number of rotatable bonds is 5. The Kier molecular flexibility index (Phi) is 5.27. The van der Waals surface area contributed by atoms with Gasteiger partial charge in [0.25, 0.3) is 5.69 Å². The van der Waals surface area contributed by atoms with Crippen LogP contribution >= 0.6 is 0 Å². The molecule has 0 radical (unpaired) electrons. The van der Waals surface area contributed by atoms with Gasteiger partial charge < -0.3 is 10.6 Å². The van der Waals surface area contributed by atoms with E-state index in [0.29, 0.717) is 38.8 Å². The number of halogens is 3. The number of non-ortho nitro benzene ring substituents is 1. The number of piperazine rings is 1. The highest BCUT2D eigenvalue weighted by molar-refractivity contribution is 5.73. The maximum atomic E-state index is 13.2. The van der Waals surface area contributed by atoms with Gasteiger partial charge in [0.15, 0.2) is 0 Å². The molecule has 0 aromatic heterocycles. The first-order chi connectivity index (χ1) is 11.2. The van der Waals surface area contributed by atoms with E-state index in [2.05, 4.69) is 0 Å². The van der Waals surface area contributed by atoms with E-state index in [-0.39, 0.29) is 12.1 Å². The first-order valence-corrected chi connectivity index (χ1v) is 7.29. The normalized spacial score (nSPS) is 16.2. The second kappa shape index (κ2) is 7.04. The number of anilines is 1. The first kappa shape index (κ1) is 18.0. The molecule has 10 heteroatoms. The molecule has 0 spiro atoms. The summed E-state index contributed by atoms with van der Waals surface area (Å²) in [6, 6.07) is 2.78. The van der Waals surface area contributed by atoms with E-state index < -0.39 is 28.3 Å². The fourth-order valence-corrected chi connectivity index (χ4v) is 2.62. The molecule has 7 nitrogen and oxygen atoms in total. The zero-order valence-electron chi connectivity index (χ0n) is 12.8. The lowest BCUT2D eigenvalue weighted by molar-refractivity contribution is -0.385. The Hall–Kier alpha value is -2.36. The highest BCUT2D eigenvalue weighted by atomic mass is 19.4. The average Bonchev–Trinajstić information content (AvgIpc) is 2.52. The van der Waals surface area contributed by atoms with Gasteiger partial charge in [0.2, 0.25) is 5.91 Å². The van der Waals surface area contributed by atoms with Crippen molar-refractivity contribution in [3.63, 3.8) is 0 Å². The molecule has 1 aliphatic heterocycles. The van der Waals surface area contributed by atoms with Crippen molar-refractivity contribution in [1.29, 1.82) is 0 Å². The molecule has 2 rings (SSSR count). The van der Waals surface area contributed by atoms with Gasteiger partial charge >= 0.3 is 6.18 Å². The van der Waals surface area contributed by atoms with Crippen molar-refractivity contribution in [2.75, 3.05) is 37.6 Å². The third-order valence-corrected chi connectivity index (χ3v) is 3.88. The summed E-state index contributed by atoms with van der Waals surface area (Å²) in [6.07, 6.45) is -4.48. The molecule has 1 fully saturated rings. The standard InChI is InChI=1S/C14H17F3N4O3/c15-14(16,17)11-9-10(21(23)24)1-2-12(11)20-7-5-19(6-8-20)4-3-13(18)22/h1-2,9H,3-8H2,(H2,18,22). The monoisotopic (exact) mass is 346 g/mol. The summed E-state index contributed by atoms with van der Waals surface area (Å²) in [6.45, 7) is 2.11. The number of amides is 1. The van der Waals surface area contributed by atoms with Crippen molar-refractivity contribution in [2.45, 2.75) is 12.6 Å². The van der Waals surface area contributed by atoms with E-state index in [1.54, 1.807) is 4.90 Å². The molecule has 2 N–H and O–H groups in total. The van der Waals surface area contributed by atoms with Crippen LogP contribution in [0, 0.1) is 10.1 Å². The number of nitrogens with zero attached hydrogens (tertiary/aromatic N) is 3. The van der Waals surface area contributed by atoms with Crippen molar-refractivity contribution >= 4 is 17.3 Å². The summed E-state index contributed by atoms with van der Waals surface area (Å²) in [5.74, 6) is -0.424. The minimum atomic E-state index is -4.68. The molecule has 0 saturated carbocycles. The number of hydrogen-bond donors (Lipinski definition) is 1. The van der Waals surface area contributed by atoms with Crippen LogP contribution in [-0.2, 0) is 11.0 Å². The highest BCUT2D eigenvalue weighted by Gasteiger charge is 2.37. The summed E-state index contributed by atoms with van der Waals surface area (Å²) < 4.78 is 39.7. The van der Waals surface area contributed by atoms with Crippen LogP contribution in [0.2, 0.25) is 0 Å². The Morgan fingerprint density at radius 3 is 2.38 bits per heavy atom. The molecule has 0 aliphatic carbocycles. The zero-order chi connectivity index (χ0) is 17.9. The number of nitro benzene ring substituents is 1. The number of benzene rings is 1. The molecule has 132 valence electrons. The topological polar surface area (TPSA) is 92.7 Å². The fourth-order valence-electron chi connectivity index (χ4n) is 2.62. The summed E-state index contributed by atoms with van der Waals surface area (Å²) in [4.78, 5) is 24.1. The molecule has 0 atom stereocenters. The lowest BCUT2D eigenvalue weighted by Gasteiger charge is -2.37. The second-order valence-electron chi connectivity index (χ2n) is 5.50. The van der Waals surface area contributed by atoms with Crippen LogP contribution in [0.4, 0.5) is 24.5 Å². The highest BCUT2D eigenvalue weighted by Crippen LogP contribution is 2.39. The van der Waals surface area contributed by atoms with E-state index in [4.69, 9.17) is 5.73 Å². The predicted molar refractivity (Wildman–Crippen MR) is 80.6 cm³/mol. The van der Waals surface area contributed by atoms with Gasteiger partial charge in [-0.3, -0.25) is 19.8 Å². The van der Waals surface area contributed by atoms with E-state index in [1.807, 2.05) is 4.90 Å². The van der Waals surface area contributed by atoms with Gasteiger partial charge in [-0.1, -0.05) is 0 Å². The molecule has 1 aromatic carbocycles. The van der Waals surface area contributed by atoms with E-state index in [9.17, 15) is 28.1 Å². The Balaban J connectivity index is 2.15. The van der Waals surface area contributed by atoms with Crippen molar-refractivity contribution in [2.24, 2.45) is 5.73 Å². The van der Waals surface area contributed by atoms with Crippen LogP contribution in [0.3, 0.4) is 0 Å². The van der Waals surface area contributed by atoms with Gasteiger partial charge in [-0.15, -0.1) is 0 Å². The summed E-state index contributed by atoms with van der Waals surface area (Å²) in [7, 11) is 0. The molecule has 1 aromatic rings. The van der Waals surface area contributed by atoms with E-state index in [0.717, 1.165) is 12.1 Å². The van der Waals surface area contributed by atoms with Gasteiger partial charge in [0, 0.05) is 57.0 Å². The SMILES string of the molecule is NC(=O)CCN1CCN(c2ccc([N+](=O)[O-])cc2C(F)(F)F)CC1. The smallest absolute Gasteiger partial charge is 0.370 e. The third kappa shape index (κ3) is 4.34. The van der Waals surface area contributed by atoms with Crippen molar-refractivity contribution in [3.05, 3.63) is 33.9 Å². The molecule has 0 unspecified atom stereocenters. The largest absolute Gasteiger partial charge is 0.418 e. The Labute approximate surface area is 136 Å². The summed E-state index contributed by atoms with van der Waals surface area (Å²) in [5.41, 5.74) is 3.41. The number of hydrogen-bond acceptors (Lipinski definition) is 5. The number of primary amides is 1. The predicted octanol–water partition coefficient (Wildman–Crippen LogP) is 1.61. The van der Waals surface area contributed by atoms with Gasteiger partial charge in [-0.05, 0) is 6.07 Å². The molecular weight excluding hydrogens is 329 g/mol. The van der Waals surface area contributed by atoms with Gasteiger partial charge in [0.05, 0.1) is 10.5 Å². The number of alkyl halides is 3. The average molecular weight is 346 g/mol. The minimum absolute atomic E-state index is 0.0670. The maximum absolute atomic E-state index is 13.2. The van der Waals surface area contributed by atoms with Crippen molar-refractivity contribution in [3.8, 4) is 0 Å². The first-order valence-electron chi connectivity index (χ1n) is 7.29. The molecule has 1 saturated heterocycles. The van der Waals surface area contributed by atoms with Crippen molar-refractivity contribution in [1.82, 2.24) is 4.90 Å². The third-order valence-electron chi connectivity index (χ3n) is 3.88. The Morgan fingerprint density at radius 1 is 1.25 bits per heavy atom. The molecule has 1 heterocycles. The quantitative estimate of drug-likeness (QED) is 0.646. The fraction of sp³-hybridized carbons (Fsp3) is 0.500. The van der Waals surface area contributed by atoms with Gasteiger partial charge in [-0.2, -0.15) is 13.2 Å². The maximum Gasteiger partial charge on any atom is 0.418 e. The van der Waals surface area contributed by atoms with Crippen LogP contribution in [0.25, 0.3) is 0 Å². The number of carbonyl (C=O) groups excluding carboxylic acids is 1. The van der Waals surface area contributed by atoms with E-state index >= 15 is 0 Å². The lowest BCUT2D eigenvalue weighted by Crippen LogP contribution is -2.47. The van der Waals surface area contributed by atoms with Crippen LogP contribution in [0.5, 0.6) is 0 Å². The molecular formula is C14H17F3N4O3. The molecule has 24 heavy (non-hydrogen) atoms. The second-order valence-corrected chi connectivity index (χ2v) is 5.50. The molecule has 0 bridgehead atoms. The minimum Gasteiger partial charge on any atom is -0.370 e. The summed E-state index contributed by atoms with van der Waals surface area (Å²) >= 11 is 0. The van der Waals surface area contributed by atoms with Gasteiger partial charge in [-0.25, -0.2) is 0 Å². The lowest BCUT2D eigenvalue weighted by atomic mass is 10.1. The Morgan fingerprint density at radius 2 is 1.88 bits per heavy atom. The van der Waals surface area contributed by atoms with Gasteiger partial charge in [0.1, 0.15) is 0 Å². The molecule has 1 amide bonds. The van der Waals surface area contributed by atoms with Crippen LogP contribution in [-0.4, -0.2) is 48.5 Å². The molecule has 1 aliphatic rings. The van der Waals surface area contributed by atoms with Crippen molar-refractivity contribution < 1.29 is 22.9 Å². The summed E-state index contributed by atoms with van der Waals surface area (Å²) in [5, 5.41) is 10.7. The van der Waals surface area contributed by atoms with Crippen LogP contribution in [0.1, 0.15) is 12.0 Å². The number of carbonyl (C=O) groups is 1. The zero-order valence-corrected chi connectivity index (χ0v) is 12.8. The van der Waals surface area contributed by atoms with Crippen LogP contribution in [0.15, 0.2) is 18.2 Å². The van der Waals surface area contributed by atoms with E-state index in [1.165, 1.54) is 0 Å². The number of nitrogens with two attached hydrogens (primary N) is 1. The number of nitro groups is 1. The Bertz CT molecular complexity index is 628.